The van der Waals surface area contributed by atoms with Crippen molar-refractivity contribution in [2.75, 3.05) is 20.7 Å². The average molecular weight is 265 g/mol. The monoisotopic (exact) mass is 265 g/mol. The quantitative estimate of drug-likeness (QED) is 0.788. The molecule has 1 N–H and O–H groups in total. The van der Waals surface area contributed by atoms with E-state index in [4.69, 9.17) is 5.11 Å². The Hall–Kier alpha value is -2.04. The Balaban J connectivity index is 2.36. The van der Waals surface area contributed by atoms with E-state index in [0.717, 1.165) is 5.56 Å². The molecule has 0 aromatic heterocycles. The largest absolute Gasteiger partial charge is 0.508 e. The van der Waals surface area contributed by atoms with E-state index in [-0.39, 0.29) is 24.0 Å². The number of methoxy groups -OCH3 is 1. The number of amides is 1. The molecule has 0 radical (unpaired) electrons. The number of rotatable bonds is 6. The molecule has 0 aliphatic heterocycles. The summed E-state index contributed by atoms with van der Waals surface area (Å²) in [5.41, 5.74) is 0.850. The zero-order chi connectivity index (χ0) is 14.3. The van der Waals surface area contributed by atoms with Gasteiger partial charge in [0.15, 0.2) is 0 Å². The molecule has 0 bridgehead atoms. The molecule has 19 heavy (non-hydrogen) atoms. The highest BCUT2D eigenvalue weighted by Gasteiger charge is 2.10. The maximum Gasteiger partial charge on any atom is 0.305 e. The van der Waals surface area contributed by atoms with Crippen LogP contribution in [0.3, 0.4) is 0 Å². The Morgan fingerprint density at radius 1 is 1.26 bits per heavy atom. The summed E-state index contributed by atoms with van der Waals surface area (Å²) in [7, 11) is 3.06. The topological polar surface area (TPSA) is 66.8 Å². The molecule has 0 atom stereocenters. The standard InChI is InChI=1S/C14H19NO4/c1-15(9-3-4-14(18)19-2)13(17)10-11-5-7-12(16)8-6-11/h5-8,16H,3-4,9-10H2,1-2H3. The maximum atomic E-state index is 11.9. The molecule has 1 amide bonds. The third-order valence-electron chi connectivity index (χ3n) is 2.82. The van der Waals surface area contributed by atoms with Crippen molar-refractivity contribution in [3.8, 4) is 5.75 Å². The number of esters is 1. The number of carbonyl (C=O) groups is 2. The summed E-state index contributed by atoms with van der Waals surface area (Å²) >= 11 is 0. The van der Waals surface area contributed by atoms with E-state index < -0.39 is 0 Å². The summed E-state index contributed by atoms with van der Waals surface area (Å²) in [6.45, 7) is 0.520. The predicted molar refractivity (Wildman–Crippen MR) is 70.7 cm³/mol. The minimum absolute atomic E-state index is 0.0180. The van der Waals surface area contributed by atoms with Crippen LogP contribution in [0.25, 0.3) is 0 Å². The molecule has 1 rings (SSSR count). The highest BCUT2D eigenvalue weighted by atomic mass is 16.5. The fourth-order valence-corrected chi connectivity index (χ4v) is 1.61. The lowest BCUT2D eigenvalue weighted by Gasteiger charge is -2.16. The molecule has 1 aromatic carbocycles. The smallest absolute Gasteiger partial charge is 0.305 e. The van der Waals surface area contributed by atoms with E-state index in [1.54, 1.807) is 36.2 Å². The van der Waals surface area contributed by atoms with Gasteiger partial charge in [-0.05, 0) is 24.1 Å². The lowest BCUT2D eigenvalue weighted by molar-refractivity contribution is -0.141. The second-order valence-corrected chi connectivity index (χ2v) is 4.34. The van der Waals surface area contributed by atoms with Gasteiger partial charge in [0.2, 0.25) is 5.91 Å². The van der Waals surface area contributed by atoms with Crippen LogP contribution in [0.4, 0.5) is 0 Å². The van der Waals surface area contributed by atoms with Crippen molar-refractivity contribution in [1.29, 1.82) is 0 Å². The molecule has 0 saturated carbocycles. The van der Waals surface area contributed by atoms with E-state index >= 15 is 0 Å². The number of benzene rings is 1. The van der Waals surface area contributed by atoms with Gasteiger partial charge in [-0.2, -0.15) is 0 Å². The van der Waals surface area contributed by atoms with Gasteiger partial charge in [0.25, 0.3) is 0 Å². The van der Waals surface area contributed by atoms with Gasteiger partial charge in [-0.1, -0.05) is 12.1 Å². The summed E-state index contributed by atoms with van der Waals surface area (Å²) in [5.74, 6) is -0.0995. The van der Waals surface area contributed by atoms with Crippen LogP contribution < -0.4 is 0 Å². The van der Waals surface area contributed by atoms with Gasteiger partial charge in [0.1, 0.15) is 5.75 Å². The SMILES string of the molecule is COC(=O)CCCN(C)C(=O)Cc1ccc(O)cc1. The Morgan fingerprint density at radius 3 is 2.47 bits per heavy atom. The number of likely N-dealkylation sites (N-methyl/N-ethyl adjacent to an activating group) is 1. The van der Waals surface area contributed by atoms with Gasteiger partial charge in [-0.3, -0.25) is 9.59 Å². The fourth-order valence-electron chi connectivity index (χ4n) is 1.61. The molecule has 5 nitrogen and oxygen atoms in total. The van der Waals surface area contributed by atoms with Crippen LogP contribution >= 0.6 is 0 Å². The maximum absolute atomic E-state index is 11.9. The number of hydrogen-bond donors (Lipinski definition) is 1. The highest BCUT2D eigenvalue weighted by Crippen LogP contribution is 2.10. The van der Waals surface area contributed by atoms with Crippen LogP contribution in [0.5, 0.6) is 5.75 Å². The summed E-state index contributed by atoms with van der Waals surface area (Å²) in [6.07, 6.45) is 1.19. The van der Waals surface area contributed by atoms with Gasteiger partial charge >= 0.3 is 5.97 Å². The van der Waals surface area contributed by atoms with Crippen molar-refractivity contribution in [2.24, 2.45) is 0 Å². The van der Waals surface area contributed by atoms with Gasteiger partial charge < -0.3 is 14.7 Å². The number of phenolic OH excluding ortho intramolecular Hbond substituents is 1. The fraction of sp³-hybridized carbons (Fsp3) is 0.429. The molecule has 5 heteroatoms. The lowest BCUT2D eigenvalue weighted by Crippen LogP contribution is -2.29. The predicted octanol–water partition coefficient (Wildman–Crippen LogP) is 1.35. The van der Waals surface area contributed by atoms with Crippen LogP contribution in [0, 0.1) is 0 Å². The van der Waals surface area contributed by atoms with Gasteiger partial charge in [-0.25, -0.2) is 0 Å². The molecule has 0 unspecified atom stereocenters. The Bertz CT molecular complexity index is 428. The molecule has 1 aromatic rings. The molecular formula is C14H19NO4. The number of ether oxygens (including phenoxy) is 1. The second-order valence-electron chi connectivity index (χ2n) is 4.34. The second kappa shape index (κ2) is 7.41. The van der Waals surface area contributed by atoms with Crippen LogP contribution in [-0.2, 0) is 20.7 Å². The van der Waals surface area contributed by atoms with E-state index in [2.05, 4.69) is 4.74 Å². The number of hydrogen-bond acceptors (Lipinski definition) is 4. The van der Waals surface area contributed by atoms with Crippen LogP contribution in [0.2, 0.25) is 0 Å². The molecule has 0 aliphatic carbocycles. The van der Waals surface area contributed by atoms with E-state index in [9.17, 15) is 9.59 Å². The van der Waals surface area contributed by atoms with E-state index in [1.807, 2.05) is 0 Å². The van der Waals surface area contributed by atoms with E-state index in [1.165, 1.54) is 7.11 Å². The van der Waals surface area contributed by atoms with Crippen molar-refractivity contribution in [1.82, 2.24) is 4.90 Å². The summed E-state index contributed by atoms with van der Waals surface area (Å²) < 4.78 is 4.53. The molecule has 0 fully saturated rings. The normalized spacial score (nSPS) is 10.0. The minimum atomic E-state index is -0.264. The Morgan fingerprint density at radius 2 is 1.89 bits per heavy atom. The van der Waals surface area contributed by atoms with Gasteiger partial charge in [0, 0.05) is 20.0 Å². The van der Waals surface area contributed by atoms with Crippen LogP contribution in [0.1, 0.15) is 18.4 Å². The first-order valence-electron chi connectivity index (χ1n) is 6.11. The van der Waals surface area contributed by atoms with Crippen molar-refractivity contribution >= 4 is 11.9 Å². The molecule has 104 valence electrons. The van der Waals surface area contributed by atoms with Crippen molar-refractivity contribution < 1.29 is 19.4 Å². The van der Waals surface area contributed by atoms with E-state index in [0.29, 0.717) is 19.4 Å². The summed E-state index contributed by atoms with van der Waals surface area (Å²) in [4.78, 5) is 24.4. The number of carbonyl (C=O) groups excluding carboxylic acids is 2. The van der Waals surface area contributed by atoms with Gasteiger partial charge in [-0.15, -0.1) is 0 Å². The lowest BCUT2D eigenvalue weighted by atomic mass is 10.1. The third-order valence-corrected chi connectivity index (χ3v) is 2.82. The molecule has 0 spiro atoms. The first kappa shape index (κ1) is 15.0. The average Bonchev–Trinajstić information content (AvgIpc) is 2.40. The summed E-state index contributed by atoms with van der Waals surface area (Å²) in [5, 5.41) is 9.15. The third kappa shape index (κ3) is 5.42. The number of aromatic hydroxyl groups is 1. The highest BCUT2D eigenvalue weighted by molar-refractivity contribution is 5.78. The van der Waals surface area contributed by atoms with Crippen molar-refractivity contribution in [3.05, 3.63) is 29.8 Å². The first-order chi connectivity index (χ1) is 9.02. The van der Waals surface area contributed by atoms with Crippen LogP contribution in [-0.4, -0.2) is 42.6 Å². The molecule has 0 heterocycles. The van der Waals surface area contributed by atoms with Crippen molar-refractivity contribution in [2.45, 2.75) is 19.3 Å². The zero-order valence-corrected chi connectivity index (χ0v) is 11.3. The van der Waals surface area contributed by atoms with Gasteiger partial charge in [0.05, 0.1) is 13.5 Å². The van der Waals surface area contributed by atoms with Crippen LogP contribution in [0.15, 0.2) is 24.3 Å². The first-order valence-corrected chi connectivity index (χ1v) is 6.11. The molecular weight excluding hydrogens is 246 g/mol. The Kier molecular flexibility index (Phi) is 5.85. The Labute approximate surface area is 112 Å². The number of phenols is 1. The molecule has 0 aliphatic rings. The van der Waals surface area contributed by atoms with Crippen molar-refractivity contribution in [3.63, 3.8) is 0 Å². The zero-order valence-electron chi connectivity index (χ0n) is 11.3. The number of nitrogens with zero attached hydrogens (tertiary/aromatic N) is 1. The molecule has 0 saturated heterocycles. The minimum Gasteiger partial charge on any atom is -0.508 e. The summed E-state index contributed by atoms with van der Waals surface area (Å²) in [6, 6.07) is 6.55.